The van der Waals surface area contributed by atoms with Crippen LogP contribution in [-0.2, 0) is 14.8 Å². The Morgan fingerprint density at radius 1 is 1.23 bits per heavy atom. The van der Waals surface area contributed by atoms with Gasteiger partial charge in [0, 0.05) is 31.2 Å². The van der Waals surface area contributed by atoms with Crippen LogP contribution in [0.25, 0.3) is 0 Å². The van der Waals surface area contributed by atoms with Crippen molar-refractivity contribution in [2.75, 3.05) is 24.2 Å². The molecule has 26 heavy (non-hydrogen) atoms. The average molecular weight is 415 g/mol. The number of hydrogen-bond acceptors (Lipinski definition) is 6. The van der Waals surface area contributed by atoms with Gasteiger partial charge in [0.1, 0.15) is 4.90 Å². The molecule has 2 aromatic rings. The molecule has 0 spiro atoms. The van der Waals surface area contributed by atoms with Crippen molar-refractivity contribution >= 4 is 45.0 Å². The highest BCUT2D eigenvalue weighted by Gasteiger charge is 2.24. The highest BCUT2D eigenvalue weighted by Crippen LogP contribution is 2.28. The second kappa shape index (κ2) is 9.31. The molecular formula is C16H19ClN4O3S2. The van der Waals surface area contributed by atoms with E-state index < -0.39 is 10.0 Å². The van der Waals surface area contributed by atoms with E-state index in [1.54, 1.807) is 38.4 Å². The van der Waals surface area contributed by atoms with Crippen molar-refractivity contribution in [3.05, 3.63) is 41.7 Å². The molecule has 0 saturated carbocycles. The fourth-order valence-corrected chi connectivity index (χ4v) is 4.73. The van der Waals surface area contributed by atoms with E-state index in [0.29, 0.717) is 23.9 Å². The van der Waals surface area contributed by atoms with Crippen molar-refractivity contribution in [3.8, 4) is 0 Å². The zero-order chi connectivity index (χ0) is 19.2. The fraction of sp³-hybridized carbons (Fsp3) is 0.312. The first-order chi connectivity index (χ1) is 12.4. The summed E-state index contributed by atoms with van der Waals surface area (Å²) >= 11 is 7.26. The molecular weight excluding hydrogens is 396 g/mol. The summed E-state index contributed by atoms with van der Waals surface area (Å²) in [5.74, 6) is -0.193. The van der Waals surface area contributed by atoms with E-state index in [4.69, 9.17) is 11.6 Å². The summed E-state index contributed by atoms with van der Waals surface area (Å²) in [6.07, 6.45) is 3.19. The van der Waals surface area contributed by atoms with Crippen LogP contribution in [-0.4, -0.2) is 47.4 Å². The first kappa shape index (κ1) is 20.6. The normalized spacial score (nSPS) is 11.5. The number of halogens is 1. The first-order valence-electron chi connectivity index (χ1n) is 7.87. The molecule has 0 atom stereocenters. The van der Waals surface area contributed by atoms with Crippen LogP contribution < -0.4 is 5.32 Å². The van der Waals surface area contributed by atoms with Gasteiger partial charge in [-0.3, -0.25) is 4.79 Å². The maximum absolute atomic E-state index is 12.7. The standard InChI is InChI=1S/C16H19ClN4O3S2/c1-3-21(4-2)26(23,24)14-10-12(6-7-13(14)17)20-15(22)11-25-16-18-8-5-9-19-16/h5-10H,3-4,11H2,1-2H3,(H,20,22). The molecule has 1 heterocycles. The van der Waals surface area contributed by atoms with E-state index in [1.165, 1.54) is 28.2 Å². The van der Waals surface area contributed by atoms with Crippen LogP contribution in [0.3, 0.4) is 0 Å². The molecule has 1 aromatic heterocycles. The minimum atomic E-state index is -3.72. The van der Waals surface area contributed by atoms with E-state index in [-0.39, 0.29) is 21.6 Å². The van der Waals surface area contributed by atoms with Crippen LogP contribution >= 0.6 is 23.4 Å². The van der Waals surface area contributed by atoms with Gasteiger partial charge in [-0.15, -0.1) is 0 Å². The van der Waals surface area contributed by atoms with Crippen LogP contribution in [0.1, 0.15) is 13.8 Å². The number of rotatable bonds is 8. The topological polar surface area (TPSA) is 92.3 Å². The third kappa shape index (κ3) is 5.16. The monoisotopic (exact) mass is 414 g/mol. The molecule has 2 rings (SSSR count). The number of thioether (sulfide) groups is 1. The van der Waals surface area contributed by atoms with Gasteiger partial charge in [0.2, 0.25) is 15.9 Å². The minimum absolute atomic E-state index is 0.0280. The Labute approximate surface area is 162 Å². The van der Waals surface area contributed by atoms with Gasteiger partial charge in [0.15, 0.2) is 5.16 Å². The Kier molecular flexibility index (Phi) is 7.39. The molecule has 0 radical (unpaired) electrons. The zero-order valence-corrected chi connectivity index (χ0v) is 16.7. The van der Waals surface area contributed by atoms with Gasteiger partial charge in [-0.25, -0.2) is 18.4 Å². The third-order valence-corrected chi connectivity index (χ3v) is 6.82. The highest BCUT2D eigenvalue weighted by atomic mass is 35.5. The molecule has 140 valence electrons. The summed E-state index contributed by atoms with van der Waals surface area (Å²) in [5.41, 5.74) is 0.361. The van der Waals surface area contributed by atoms with Crippen LogP contribution in [0.2, 0.25) is 5.02 Å². The highest BCUT2D eigenvalue weighted by molar-refractivity contribution is 7.99. The number of amides is 1. The number of aromatic nitrogens is 2. The van der Waals surface area contributed by atoms with Crippen molar-refractivity contribution in [2.24, 2.45) is 0 Å². The van der Waals surface area contributed by atoms with E-state index in [2.05, 4.69) is 15.3 Å². The molecule has 1 N–H and O–H groups in total. The average Bonchev–Trinajstić information content (AvgIpc) is 2.63. The number of carbonyl (C=O) groups is 1. The van der Waals surface area contributed by atoms with Gasteiger partial charge in [0.25, 0.3) is 0 Å². The predicted octanol–water partition coefficient (Wildman–Crippen LogP) is 2.89. The summed E-state index contributed by atoms with van der Waals surface area (Å²) in [7, 11) is -3.72. The van der Waals surface area contributed by atoms with E-state index in [9.17, 15) is 13.2 Å². The molecule has 0 fully saturated rings. The van der Waals surface area contributed by atoms with Crippen molar-refractivity contribution in [3.63, 3.8) is 0 Å². The SMILES string of the molecule is CCN(CC)S(=O)(=O)c1cc(NC(=O)CSc2ncccn2)ccc1Cl. The molecule has 1 aromatic carbocycles. The number of anilines is 1. The second-order valence-corrected chi connectivity index (χ2v) is 8.36. The van der Waals surface area contributed by atoms with Gasteiger partial charge < -0.3 is 5.32 Å². The van der Waals surface area contributed by atoms with E-state index >= 15 is 0 Å². The van der Waals surface area contributed by atoms with Crippen molar-refractivity contribution in [1.82, 2.24) is 14.3 Å². The summed E-state index contributed by atoms with van der Waals surface area (Å²) < 4.78 is 26.7. The van der Waals surface area contributed by atoms with E-state index in [1.807, 2.05) is 0 Å². The third-order valence-electron chi connectivity index (χ3n) is 3.41. The van der Waals surface area contributed by atoms with Crippen LogP contribution in [0, 0.1) is 0 Å². The Bertz CT molecular complexity index is 859. The van der Waals surface area contributed by atoms with Crippen molar-refractivity contribution in [1.29, 1.82) is 0 Å². The number of carbonyl (C=O) groups excluding carboxylic acids is 1. The number of sulfonamides is 1. The maximum Gasteiger partial charge on any atom is 0.244 e. The molecule has 1 amide bonds. The lowest BCUT2D eigenvalue weighted by atomic mass is 10.3. The van der Waals surface area contributed by atoms with E-state index in [0.717, 1.165) is 0 Å². The van der Waals surface area contributed by atoms with Crippen LogP contribution in [0.4, 0.5) is 5.69 Å². The number of nitrogens with zero attached hydrogens (tertiary/aromatic N) is 3. The predicted molar refractivity (Wildman–Crippen MR) is 103 cm³/mol. The molecule has 0 saturated heterocycles. The largest absolute Gasteiger partial charge is 0.325 e. The summed E-state index contributed by atoms with van der Waals surface area (Å²) in [5, 5.41) is 3.27. The summed E-state index contributed by atoms with van der Waals surface area (Å²) in [6.45, 7) is 4.17. The lowest BCUT2D eigenvalue weighted by molar-refractivity contribution is -0.113. The van der Waals surface area contributed by atoms with Gasteiger partial charge in [-0.1, -0.05) is 37.2 Å². The zero-order valence-electron chi connectivity index (χ0n) is 14.3. The summed E-state index contributed by atoms with van der Waals surface area (Å²) in [6, 6.07) is 6.08. The van der Waals surface area contributed by atoms with Crippen LogP contribution in [0.5, 0.6) is 0 Å². The molecule has 0 aliphatic heterocycles. The maximum atomic E-state index is 12.7. The Morgan fingerprint density at radius 3 is 2.50 bits per heavy atom. The molecule has 10 heteroatoms. The molecule has 0 aliphatic rings. The molecule has 0 aliphatic carbocycles. The van der Waals surface area contributed by atoms with Gasteiger partial charge >= 0.3 is 0 Å². The Hall–Kier alpha value is -1.68. The Balaban J connectivity index is 2.12. The van der Waals surface area contributed by atoms with Crippen LogP contribution in [0.15, 0.2) is 46.7 Å². The van der Waals surface area contributed by atoms with Gasteiger partial charge in [-0.05, 0) is 24.3 Å². The lowest BCUT2D eigenvalue weighted by Crippen LogP contribution is -2.31. The van der Waals surface area contributed by atoms with Crippen molar-refractivity contribution in [2.45, 2.75) is 23.9 Å². The van der Waals surface area contributed by atoms with Gasteiger partial charge in [0.05, 0.1) is 10.8 Å². The van der Waals surface area contributed by atoms with Gasteiger partial charge in [-0.2, -0.15) is 4.31 Å². The molecule has 0 bridgehead atoms. The quantitative estimate of drug-likeness (QED) is 0.527. The lowest BCUT2D eigenvalue weighted by Gasteiger charge is -2.19. The van der Waals surface area contributed by atoms with Crippen molar-refractivity contribution < 1.29 is 13.2 Å². The number of benzene rings is 1. The minimum Gasteiger partial charge on any atom is -0.325 e. The fourth-order valence-electron chi connectivity index (χ4n) is 2.17. The molecule has 7 nitrogen and oxygen atoms in total. The summed E-state index contributed by atoms with van der Waals surface area (Å²) in [4.78, 5) is 20.1. The Morgan fingerprint density at radius 2 is 1.88 bits per heavy atom. The smallest absolute Gasteiger partial charge is 0.244 e. The second-order valence-electron chi connectivity index (χ2n) is 5.10. The first-order valence-corrected chi connectivity index (χ1v) is 10.7. The molecule has 0 unspecified atom stereocenters. The number of hydrogen-bond donors (Lipinski definition) is 1. The number of nitrogens with one attached hydrogen (secondary N) is 1.